The van der Waals surface area contributed by atoms with Gasteiger partial charge in [-0.25, -0.2) is 19.1 Å². The molecule has 0 heterocycles. The molecule has 0 unspecified atom stereocenters. The number of hydrogen-bond acceptors (Lipinski definition) is 8. The topological polar surface area (TPSA) is 125 Å². The van der Waals surface area contributed by atoms with E-state index in [2.05, 4.69) is 17.9 Å². The maximum atomic E-state index is 12.2. The number of nitrogens with one attached hydrogen (secondary N) is 1. The first-order valence-corrected chi connectivity index (χ1v) is 9.76. The van der Waals surface area contributed by atoms with E-state index in [9.17, 15) is 36.0 Å². The zero-order chi connectivity index (χ0) is 24.0. The van der Waals surface area contributed by atoms with Crippen LogP contribution in [0, 0.1) is 0 Å². The highest BCUT2D eigenvalue weighted by molar-refractivity contribution is 7.90. The smallest absolute Gasteiger partial charge is 0.449 e. The SMILES string of the molecule is C=C(C)C(=O)Oc1cc(CCOC(=O)NS(=O)(=O)C(F)(F)F)cc(OC(=O)C(=C)C)c1. The quantitative estimate of drug-likeness (QED) is 0.353. The van der Waals surface area contributed by atoms with Crippen LogP contribution in [0.2, 0.25) is 0 Å². The predicted molar refractivity (Wildman–Crippen MR) is 101 cm³/mol. The molecule has 1 aromatic rings. The van der Waals surface area contributed by atoms with Crippen molar-refractivity contribution in [1.82, 2.24) is 4.72 Å². The molecule has 31 heavy (non-hydrogen) atoms. The van der Waals surface area contributed by atoms with Gasteiger partial charge in [0.25, 0.3) is 0 Å². The summed E-state index contributed by atoms with van der Waals surface area (Å²) in [6, 6.07) is 3.84. The summed E-state index contributed by atoms with van der Waals surface area (Å²) >= 11 is 0. The molecular formula is C18H18F3NO8S. The number of hydrogen-bond donors (Lipinski definition) is 1. The summed E-state index contributed by atoms with van der Waals surface area (Å²) in [5.41, 5.74) is -5.24. The van der Waals surface area contributed by atoms with Crippen molar-refractivity contribution >= 4 is 28.1 Å². The van der Waals surface area contributed by atoms with Gasteiger partial charge in [0.1, 0.15) is 11.5 Å². The standard InChI is InChI=1S/C18H18F3NO8S/c1-10(2)15(23)29-13-7-12(8-14(9-13)30-16(24)11(3)4)5-6-28-17(25)22-31(26,27)18(19,20)21/h7-9H,1,3,5-6H2,2,4H3,(H,22,25). The van der Waals surface area contributed by atoms with Gasteiger partial charge in [-0.15, -0.1) is 0 Å². The summed E-state index contributed by atoms with van der Waals surface area (Å²) in [4.78, 5) is 34.7. The first kappa shape index (κ1) is 25.7. The third-order valence-corrected chi connectivity index (χ3v) is 4.25. The molecule has 0 saturated heterocycles. The lowest BCUT2D eigenvalue weighted by Crippen LogP contribution is -2.40. The number of halogens is 3. The van der Waals surface area contributed by atoms with E-state index in [1.54, 1.807) is 0 Å². The van der Waals surface area contributed by atoms with E-state index in [4.69, 9.17) is 9.47 Å². The molecular weight excluding hydrogens is 447 g/mol. The number of esters is 2. The Bertz CT molecular complexity index is 969. The van der Waals surface area contributed by atoms with E-state index in [-0.39, 0.29) is 34.6 Å². The molecule has 0 aliphatic heterocycles. The largest absolute Gasteiger partial charge is 0.516 e. The lowest BCUT2D eigenvalue weighted by Gasteiger charge is -2.12. The summed E-state index contributed by atoms with van der Waals surface area (Å²) < 4.78 is 73.7. The van der Waals surface area contributed by atoms with Crippen LogP contribution in [0.5, 0.6) is 11.5 Å². The van der Waals surface area contributed by atoms with Gasteiger partial charge < -0.3 is 14.2 Å². The summed E-state index contributed by atoms with van der Waals surface area (Å²) in [6.45, 7) is 9.08. The Kier molecular flexibility index (Phi) is 8.37. The number of carbonyl (C=O) groups excluding carboxylic acids is 3. The molecule has 9 nitrogen and oxygen atoms in total. The number of amides is 1. The lowest BCUT2D eigenvalue weighted by molar-refractivity contribution is -0.130. The molecule has 0 aliphatic rings. The minimum Gasteiger partial charge on any atom is -0.449 e. The monoisotopic (exact) mass is 465 g/mol. The fourth-order valence-electron chi connectivity index (χ4n) is 1.74. The van der Waals surface area contributed by atoms with Crippen LogP contribution < -0.4 is 14.2 Å². The minimum atomic E-state index is -5.90. The number of ether oxygens (including phenoxy) is 3. The molecule has 0 aliphatic carbocycles. The second-order valence-electron chi connectivity index (χ2n) is 6.09. The van der Waals surface area contributed by atoms with Crippen molar-refractivity contribution in [2.45, 2.75) is 25.8 Å². The Morgan fingerprint density at radius 1 is 0.968 bits per heavy atom. The van der Waals surface area contributed by atoms with Crippen molar-refractivity contribution in [3.05, 3.63) is 48.1 Å². The van der Waals surface area contributed by atoms with Gasteiger partial charge in [-0.2, -0.15) is 21.6 Å². The number of carbonyl (C=O) groups is 3. The number of alkyl halides is 3. The maximum absolute atomic E-state index is 12.2. The van der Waals surface area contributed by atoms with Crippen molar-refractivity contribution in [2.75, 3.05) is 6.61 Å². The van der Waals surface area contributed by atoms with Crippen molar-refractivity contribution in [3.63, 3.8) is 0 Å². The van der Waals surface area contributed by atoms with E-state index >= 15 is 0 Å². The molecule has 13 heteroatoms. The van der Waals surface area contributed by atoms with Crippen LogP contribution in [-0.4, -0.2) is 38.6 Å². The zero-order valence-corrected chi connectivity index (χ0v) is 17.2. The van der Waals surface area contributed by atoms with Crippen LogP contribution in [0.15, 0.2) is 42.5 Å². The summed E-state index contributed by atoms with van der Waals surface area (Å²) in [6.07, 6.45) is -1.99. The Morgan fingerprint density at radius 2 is 1.42 bits per heavy atom. The van der Waals surface area contributed by atoms with Crippen molar-refractivity contribution in [2.24, 2.45) is 0 Å². The van der Waals surface area contributed by atoms with Crippen LogP contribution in [-0.2, 0) is 30.8 Å². The first-order valence-electron chi connectivity index (χ1n) is 8.27. The maximum Gasteiger partial charge on any atom is 0.516 e. The van der Waals surface area contributed by atoms with Gasteiger partial charge >= 0.3 is 33.6 Å². The van der Waals surface area contributed by atoms with Crippen LogP contribution in [0.4, 0.5) is 18.0 Å². The number of rotatable bonds is 8. The first-order chi connectivity index (χ1) is 14.1. The molecule has 1 rings (SSSR count). The Labute approximate surface area is 175 Å². The van der Waals surface area contributed by atoms with Crippen molar-refractivity contribution in [3.8, 4) is 11.5 Å². The lowest BCUT2D eigenvalue weighted by atomic mass is 10.1. The molecule has 1 N–H and O–H groups in total. The predicted octanol–water partition coefficient (Wildman–Crippen LogP) is 2.77. The Morgan fingerprint density at radius 3 is 1.81 bits per heavy atom. The molecule has 0 fully saturated rings. The van der Waals surface area contributed by atoms with E-state index in [0.29, 0.717) is 4.72 Å². The third-order valence-electron chi connectivity index (χ3n) is 3.20. The van der Waals surface area contributed by atoms with E-state index in [0.717, 1.165) is 0 Å². The molecule has 170 valence electrons. The Balaban J connectivity index is 2.93. The van der Waals surface area contributed by atoms with Gasteiger partial charge in [0.15, 0.2) is 0 Å². The summed E-state index contributed by atoms with van der Waals surface area (Å²) in [5.74, 6) is -1.66. The molecule has 0 radical (unpaired) electrons. The van der Waals surface area contributed by atoms with Gasteiger partial charge in [-0.1, -0.05) is 13.2 Å². The normalized spacial score (nSPS) is 11.3. The van der Waals surface area contributed by atoms with Crippen LogP contribution in [0.3, 0.4) is 0 Å². The summed E-state index contributed by atoms with van der Waals surface area (Å²) in [7, 11) is -5.90. The van der Waals surface area contributed by atoms with Gasteiger partial charge in [0.2, 0.25) is 0 Å². The second-order valence-corrected chi connectivity index (χ2v) is 7.76. The molecule has 1 aromatic carbocycles. The fraction of sp³-hybridized carbons (Fsp3) is 0.278. The average molecular weight is 465 g/mol. The highest BCUT2D eigenvalue weighted by atomic mass is 32.2. The highest BCUT2D eigenvalue weighted by Gasteiger charge is 2.47. The second kappa shape index (κ2) is 10.1. The molecule has 0 spiro atoms. The van der Waals surface area contributed by atoms with Crippen molar-refractivity contribution < 1.29 is 50.2 Å². The van der Waals surface area contributed by atoms with Crippen LogP contribution in [0.25, 0.3) is 0 Å². The van der Waals surface area contributed by atoms with Gasteiger partial charge in [-0.05, 0) is 31.5 Å². The molecule has 0 atom stereocenters. The average Bonchev–Trinajstić information content (AvgIpc) is 2.59. The zero-order valence-electron chi connectivity index (χ0n) is 16.4. The van der Waals surface area contributed by atoms with Gasteiger partial charge in [-0.3, -0.25) is 0 Å². The van der Waals surface area contributed by atoms with E-state index in [1.807, 2.05) is 0 Å². The highest BCUT2D eigenvalue weighted by Crippen LogP contribution is 2.25. The molecule has 0 saturated carbocycles. The summed E-state index contributed by atoms with van der Waals surface area (Å²) in [5, 5.41) is 0. The molecule has 0 bridgehead atoms. The number of benzene rings is 1. The third kappa shape index (κ3) is 8.12. The van der Waals surface area contributed by atoms with E-state index in [1.165, 1.54) is 32.0 Å². The van der Waals surface area contributed by atoms with Crippen LogP contribution in [0.1, 0.15) is 19.4 Å². The van der Waals surface area contributed by atoms with Gasteiger partial charge in [0, 0.05) is 23.6 Å². The van der Waals surface area contributed by atoms with Gasteiger partial charge in [0.05, 0.1) is 6.61 Å². The molecule has 0 aromatic heterocycles. The fourth-order valence-corrected chi connectivity index (χ4v) is 2.13. The molecule has 1 amide bonds. The van der Waals surface area contributed by atoms with E-state index < -0.39 is 40.2 Å². The van der Waals surface area contributed by atoms with Crippen LogP contribution >= 0.6 is 0 Å². The van der Waals surface area contributed by atoms with Crippen molar-refractivity contribution in [1.29, 1.82) is 0 Å². The minimum absolute atomic E-state index is 0.0564. The Hall–Kier alpha value is -3.35. The number of sulfonamides is 1.